The van der Waals surface area contributed by atoms with Gasteiger partial charge in [0.1, 0.15) is 0 Å². The van der Waals surface area contributed by atoms with Crippen LogP contribution in [0.1, 0.15) is 21.5 Å². The summed E-state index contributed by atoms with van der Waals surface area (Å²) in [5, 5.41) is 11.5. The second kappa shape index (κ2) is 5.60. The molecule has 0 spiro atoms. The lowest BCUT2D eigenvalue weighted by molar-refractivity contribution is 0.0950. The minimum Gasteiger partial charge on any atom is -0.348 e. The average molecular weight is 237 g/mol. The van der Waals surface area contributed by atoms with Crippen LogP contribution in [0.2, 0.25) is 0 Å². The molecular weight excluding hydrogens is 226 g/mol. The summed E-state index contributed by atoms with van der Waals surface area (Å²) in [6, 6.07) is 12.6. The standard InChI is InChI=1S/C14H11N3O/c15-8-11-3-5-12(6-4-11)9-17-14(18)13-2-1-7-16-10-13/h1-7,10H,9H2,(H,17,18). The first-order chi connectivity index (χ1) is 8.79. The molecule has 18 heavy (non-hydrogen) atoms. The molecule has 0 saturated carbocycles. The van der Waals surface area contributed by atoms with Crippen LogP contribution in [0.5, 0.6) is 0 Å². The number of hydrogen-bond donors (Lipinski definition) is 1. The summed E-state index contributed by atoms with van der Waals surface area (Å²) in [6.07, 6.45) is 3.14. The SMILES string of the molecule is N#Cc1ccc(CNC(=O)c2cccnc2)cc1. The van der Waals surface area contributed by atoms with Crippen LogP contribution in [-0.4, -0.2) is 10.9 Å². The van der Waals surface area contributed by atoms with E-state index < -0.39 is 0 Å². The van der Waals surface area contributed by atoms with E-state index in [1.165, 1.54) is 6.20 Å². The first-order valence-corrected chi connectivity index (χ1v) is 5.47. The van der Waals surface area contributed by atoms with Gasteiger partial charge in [0.2, 0.25) is 0 Å². The molecule has 0 unspecified atom stereocenters. The molecule has 0 bridgehead atoms. The van der Waals surface area contributed by atoms with Crippen LogP contribution < -0.4 is 5.32 Å². The highest BCUT2D eigenvalue weighted by molar-refractivity contribution is 5.93. The highest BCUT2D eigenvalue weighted by atomic mass is 16.1. The molecule has 88 valence electrons. The Morgan fingerprint density at radius 3 is 2.67 bits per heavy atom. The molecule has 2 rings (SSSR count). The Hall–Kier alpha value is -2.67. The van der Waals surface area contributed by atoms with Gasteiger partial charge < -0.3 is 5.32 Å². The van der Waals surface area contributed by atoms with E-state index in [0.717, 1.165) is 5.56 Å². The fraction of sp³-hybridized carbons (Fsp3) is 0.0714. The van der Waals surface area contributed by atoms with E-state index in [1.807, 2.05) is 18.2 Å². The average Bonchev–Trinajstić information content (AvgIpc) is 2.46. The van der Waals surface area contributed by atoms with Crippen LogP contribution in [0.4, 0.5) is 0 Å². The molecule has 1 aromatic heterocycles. The van der Waals surface area contributed by atoms with Gasteiger partial charge in [-0.2, -0.15) is 5.26 Å². The van der Waals surface area contributed by atoms with Gasteiger partial charge in [-0.25, -0.2) is 0 Å². The van der Waals surface area contributed by atoms with E-state index in [1.54, 1.807) is 30.5 Å². The summed E-state index contributed by atoms with van der Waals surface area (Å²) >= 11 is 0. The van der Waals surface area contributed by atoms with Gasteiger partial charge in [0, 0.05) is 18.9 Å². The number of nitriles is 1. The number of rotatable bonds is 3. The summed E-state index contributed by atoms with van der Waals surface area (Å²) in [4.78, 5) is 15.6. The number of pyridine rings is 1. The van der Waals surface area contributed by atoms with Crippen LogP contribution in [-0.2, 0) is 6.54 Å². The lowest BCUT2D eigenvalue weighted by Gasteiger charge is -2.04. The number of hydrogen-bond acceptors (Lipinski definition) is 3. The van der Waals surface area contributed by atoms with Gasteiger partial charge in [-0.3, -0.25) is 9.78 Å². The van der Waals surface area contributed by atoms with Crippen molar-refractivity contribution in [2.75, 3.05) is 0 Å². The Bertz CT molecular complexity index is 570. The lowest BCUT2D eigenvalue weighted by atomic mass is 10.1. The quantitative estimate of drug-likeness (QED) is 0.886. The second-order valence-electron chi connectivity index (χ2n) is 3.73. The molecule has 1 heterocycles. The van der Waals surface area contributed by atoms with E-state index in [9.17, 15) is 4.79 Å². The van der Waals surface area contributed by atoms with Crippen molar-refractivity contribution in [3.63, 3.8) is 0 Å². The number of aromatic nitrogens is 1. The summed E-state index contributed by atoms with van der Waals surface area (Å²) in [5.74, 6) is -0.160. The fourth-order valence-electron chi connectivity index (χ4n) is 1.48. The zero-order valence-corrected chi connectivity index (χ0v) is 9.63. The van der Waals surface area contributed by atoms with Crippen molar-refractivity contribution in [3.05, 3.63) is 65.5 Å². The molecule has 4 heteroatoms. The van der Waals surface area contributed by atoms with Gasteiger partial charge in [-0.05, 0) is 29.8 Å². The van der Waals surface area contributed by atoms with Crippen molar-refractivity contribution in [3.8, 4) is 6.07 Å². The summed E-state index contributed by atoms with van der Waals surface area (Å²) < 4.78 is 0. The normalized spacial score (nSPS) is 9.50. The number of amides is 1. The second-order valence-corrected chi connectivity index (χ2v) is 3.73. The van der Waals surface area contributed by atoms with Gasteiger partial charge in [-0.15, -0.1) is 0 Å². The van der Waals surface area contributed by atoms with E-state index in [-0.39, 0.29) is 5.91 Å². The van der Waals surface area contributed by atoms with E-state index >= 15 is 0 Å². The summed E-state index contributed by atoms with van der Waals surface area (Å²) in [6.45, 7) is 0.430. The molecule has 0 saturated heterocycles. The lowest BCUT2D eigenvalue weighted by Crippen LogP contribution is -2.22. The van der Waals surface area contributed by atoms with E-state index in [0.29, 0.717) is 17.7 Å². The Morgan fingerprint density at radius 2 is 2.06 bits per heavy atom. The molecule has 0 aliphatic rings. The maximum atomic E-state index is 11.7. The van der Waals surface area contributed by atoms with Crippen molar-refractivity contribution in [1.82, 2.24) is 10.3 Å². The third-order valence-corrected chi connectivity index (χ3v) is 2.46. The number of benzene rings is 1. The van der Waals surface area contributed by atoms with E-state index in [4.69, 9.17) is 5.26 Å². The predicted octanol–water partition coefficient (Wildman–Crippen LogP) is 1.88. The van der Waals surface area contributed by atoms with Crippen molar-refractivity contribution in [2.45, 2.75) is 6.54 Å². The van der Waals surface area contributed by atoms with Crippen LogP contribution in [0, 0.1) is 11.3 Å². The molecule has 0 aliphatic carbocycles. The van der Waals surface area contributed by atoms with Gasteiger partial charge in [0.05, 0.1) is 17.2 Å². The topological polar surface area (TPSA) is 65.8 Å². The monoisotopic (exact) mass is 237 g/mol. The van der Waals surface area contributed by atoms with Crippen molar-refractivity contribution in [2.24, 2.45) is 0 Å². The van der Waals surface area contributed by atoms with Crippen molar-refractivity contribution < 1.29 is 4.79 Å². The molecular formula is C14H11N3O. The molecule has 1 amide bonds. The van der Waals surface area contributed by atoms with E-state index in [2.05, 4.69) is 10.3 Å². The molecule has 0 atom stereocenters. The Balaban J connectivity index is 1.95. The zero-order valence-electron chi connectivity index (χ0n) is 9.63. The fourth-order valence-corrected chi connectivity index (χ4v) is 1.48. The predicted molar refractivity (Wildman–Crippen MR) is 66.6 cm³/mol. The number of carbonyl (C=O) groups is 1. The first kappa shape index (κ1) is 11.8. The van der Waals surface area contributed by atoms with Gasteiger partial charge in [0.25, 0.3) is 5.91 Å². The minimum absolute atomic E-state index is 0.160. The Kier molecular flexibility index (Phi) is 3.67. The largest absolute Gasteiger partial charge is 0.348 e. The molecule has 4 nitrogen and oxygen atoms in total. The third-order valence-electron chi connectivity index (χ3n) is 2.46. The zero-order chi connectivity index (χ0) is 12.8. The summed E-state index contributed by atoms with van der Waals surface area (Å²) in [7, 11) is 0. The molecule has 1 N–H and O–H groups in total. The van der Waals surface area contributed by atoms with Crippen LogP contribution in [0.3, 0.4) is 0 Å². The maximum absolute atomic E-state index is 11.7. The third kappa shape index (κ3) is 2.92. The smallest absolute Gasteiger partial charge is 0.253 e. The van der Waals surface area contributed by atoms with Gasteiger partial charge >= 0.3 is 0 Å². The molecule has 0 aliphatic heterocycles. The first-order valence-electron chi connectivity index (χ1n) is 5.47. The highest BCUT2D eigenvalue weighted by Gasteiger charge is 2.04. The molecule has 0 fully saturated rings. The number of nitrogens with one attached hydrogen (secondary N) is 1. The number of nitrogens with zero attached hydrogens (tertiary/aromatic N) is 2. The number of carbonyl (C=O) groups excluding carboxylic acids is 1. The van der Waals surface area contributed by atoms with Crippen LogP contribution in [0.15, 0.2) is 48.8 Å². The highest BCUT2D eigenvalue weighted by Crippen LogP contribution is 2.03. The molecule has 2 aromatic rings. The summed E-state index contributed by atoms with van der Waals surface area (Å²) in [5.41, 5.74) is 2.09. The molecule has 0 radical (unpaired) electrons. The Morgan fingerprint density at radius 1 is 1.28 bits per heavy atom. The van der Waals surface area contributed by atoms with Gasteiger partial charge in [0.15, 0.2) is 0 Å². The van der Waals surface area contributed by atoms with Crippen molar-refractivity contribution in [1.29, 1.82) is 5.26 Å². The molecule has 1 aromatic carbocycles. The maximum Gasteiger partial charge on any atom is 0.253 e. The Labute approximate surface area is 105 Å². The minimum atomic E-state index is -0.160. The van der Waals surface area contributed by atoms with Crippen molar-refractivity contribution >= 4 is 5.91 Å². The van der Waals surface area contributed by atoms with Gasteiger partial charge in [-0.1, -0.05) is 12.1 Å². The van der Waals surface area contributed by atoms with Crippen LogP contribution in [0.25, 0.3) is 0 Å². The van der Waals surface area contributed by atoms with Crippen LogP contribution >= 0.6 is 0 Å².